The average Bonchev–Trinajstić information content (AvgIpc) is 3.19. The van der Waals surface area contributed by atoms with Gasteiger partial charge >= 0.3 is 0 Å². The zero-order chi connectivity index (χ0) is 17.5. The third kappa shape index (κ3) is 5.54. The summed E-state index contributed by atoms with van der Waals surface area (Å²) in [7, 11) is 3.74. The quantitative estimate of drug-likeness (QED) is 0.526. The first-order valence-corrected chi connectivity index (χ1v) is 10.3. The summed E-state index contributed by atoms with van der Waals surface area (Å²) in [5.41, 5.74) is 1.03. The number of aliphatic imine (C=N–C) groups is 1. The second kappa shape index (κ2) is 9.50. The molecule has 0 spiro atoms. The number of hydrogen-bond donors (Lipinski definition) is 1. The van der Waals surface area contributed by atoms with Crippen LogP contribution in [0.3, 0.4) is 0 Å². The fourth-order valence-corrected chi connectivity index (χ4v) is 4.28. The predicted molar refractivity (Wildman–Crippen MR) is 106 cm³/mol. The summed E-state index contributed by atoms with van der Waals surface area (Å²) < 4.78 is 6.44. The molecule has 0 amide bonds. The van der Waals surface area contributed by atoms with E-state index in [0.29, 0.717) is 13.1 Å². The number of nitrogens with one attached hydrogen (secondary N) is 1. The zero-order valence-electron chi connectivity index (χ0n) is 14.4. The molecule has 132 valence electrons. The molecule has 1 atom stereocenters. The molecule has 0 fully saturated rings. The molecule has 0 saturated carbocycles. The van der Waals surface area contributed by atoms with Crippen molar-refractivity contribution in [1.29, 1.82) is 0 Å². The molecule has 0 aliphatic rings. The lowest BCUT2D eigenvalue weighted by Crippen LogP contribution is -2.38. The number of halogens is 1. The van der Waals surface area contributed by atoms with Crippen molar-refractivity contribution in [3.8, 4) is 0 Å². The summed E-state index contributed by atoms with van der Waals surface area (Å²) in [4.78, 5) is 12.7. The zero-order valence-corrected chi connectivity index (χ0v) is 17.6. The summed E-state index contributed by atoms with van der Waals surface area (Å²) in [6, 6.07) is 2.11. The maximum absolute atomic E-state index is 5.33. The minimum Gasteiger partial charge on any atom is -0.375 e. The molecule has 2 rings (SSSR count). The van der Waals surface area contributed by atoms with Gasteiger partial charge in [0, 0.05) is 40.8 Å². The largest absolute Gasteiger partial charge is 0.375 e. The standard InChI is InChI=1S/C16H23BrN4OS2/c1-5-18-16(19-7-14-6-12(17)9-23-14)21(3)8-13-10-24-15(20-13)11(2)22-4/h6,9-11H,5,7-8H2,1-4H3,(H,18,19). The second-order valence-corrected chi connectivity index (χ2v) is 8.11. The summed E-state index contributed by atoms with van der Waals surface area (Å²) >= 11 is 6.83. The Labute approximate surface area is 159 Å². The van der Waals surface area contributed by atoms with Gasteiger partial charge in [-0.3, -0.25) is 0 Å². The average molecular weight is 431 g/mol. The Balaban J connectivity index is 2.02. The van der Waals surface area contributed by atoms with Crippen molar-refractivity contribution >= 4 is 44.6 Å². The van der Waals surface area contributed by atoms with E-state index >= 15 is 0 Å². The third-order valence-electron chi connectivity index (χ3n) is 3.37. The van der Waals surface area contributed by atoms with Crippen molar-refractivity contribution in [2.24, 2.45) is 4.99 Å². The molecule has 0 radical (unpaired) electrons. The molecule has 5 nitrogen and oxygen atoms in total. The van der Waals surface area contributed by atoms with Crippen molar-refractivity contribution in [2.75, 3.05) is 20.7 Å². The Morgan fingerprint density at radius 2 is 2.25 bits per heavy atom. The lowest BCUT2D eigenvalue weighted by molar-refractivity contribution is 0.119. The highest BCUT2D eigenvalue weighted by Crippen LogP contribution is 2.22. The Hall–Kier alpha value is -0.960. The summed E-state index contributed by atoms with van der Waals surface area (Å²) in [6.45, 7) is 6.31. The van der Waals surface area contributed by atoms with Gasteiger partial charge in [0.05, 0.1) is 18.8 Å². The van der Waals surface area contributed by atoms with Crippen molar-refractivity contribution in [1.82, 2.24) is 15.2 Å². The minimum absolute atomic E-state index is 0.0354. The summed E-state index contributed by atoms with van der Waals surface area (Å²) in [6.07, 6.45) is 0.0354. The van der Waals surface area contributed by atoms with Gasteiger partial charge in [0.1, 0.15) is 11.1 Å². The van der Waals surface area contributed by atoms with Crippen LogP contribution in [0.2, 0.25) is 0 Å². The number of ether oxygens (including phenoxy) is 1. The van der Waals surface area contributed by atoms with E-state index in [2.05, 4.69) is 54.9 Å². The molecular formula is C16H23BrN4OS2. The van der Waals surface area contributed by atoms with Crippen LogP contribution >= 0.6 is 38.6 Å². The predicted octanol–water partition coefficient (Wildman–Crippen LogP) is 4.27. The van der Waals surface area contributed by atoms with Gasteiger partial charge in [-0.25, -0.2) is 9.98 Å². The molecule has 24 heavy (non-hydrogen) atoms. The molecule has 0 aromatic carbocycles. The number of nitrogens with zero attached hydrogens (tertiary/aromatic N) is 3. The first kappa shape index (κ1) is 19.4. The van der Waals surface area contributed by atoms with E-state index in [1.54, 1.807) is 29.8 Å². The van der Waals surface area contributed by atoms with Crippen LogP contribution in [0.4, 0.5) is 0 Å². The lowest BCUT2D eigenvalue weighted by atomic mass is 10.4. The normalized spacial score (nSPS) is 13.1. The SMILES string of the molecule is CCNC(=NCc1cc(Br)cs1)N(C)Cc1csc(C(C)OC)n1. The number of thiophene rings is 1. The summed E-state index contributed by atoms with van der Waals surface area (Å²) in [5, 5.41) is 8.51. The van der Waals surface area contributed by atoms with E-state index in [4.69, 9.17) is 9.73 Å². The van der Waals surface area contributed by atoms with Crippen LogP contribution in [0, 0.1) is 0 Å². The van der Waals surface area contributed by atoms with Crippen LogP contribution in [0.15, 0.2) is 26.3 Å². The van der Waals surface area contributed by atoms with Gasteiger partial charge in [-0.15, -0.1) is 22.7 Å². The molecule has 2 aromatic rings. The Bertz CT molecular complexity index is 671. The van der Waals surface area contributed by atoms with Gasteiger partial charge < -0.3 is 15.0 Å². The van der Waals surface area contributed by atoms with Gasteiger partial charge in [0.25, 0.3) is 0 Å². The van der Waals surface area contributed by atoms with Crippen molar-refractivity contribution in [3.05, 3.63) is 36.9 Å². The number of thiazole rings is 1. The molecule has 1 unspecified atom stereocenters. The molecule has 0 aliphatic carbocycles. The van der Waals surface area contributed by atoms with Crippen LogP contribution in [0.25, 0.3) is 0 Å². The smallest absolute Gasteiger partial charge is 0.194 e. The molecule has 2 heterocycles. The van der Waals surface area contributed by atoms with Crippen LogP contribution in [-0.4, -0.2) is 36.5 Å². The minimum atomic E-state index is 0.0354. The van der Waals surface area contributed by atoms with E-state index in [-0.39, 0.29) is 6.10 Å². The number of hydrogen-bond acceptors (Lipinski definition) is 5. The number of aromatic nitrogens is 1. The van der Waals surface area contributed by atoms with Crippen molar-refractivity contribution in [3.63, 3.8) is 0 Å². The molecular weight excluding hydrogens is 408 g/mol. The Morgan fingerprint density at radius 1 is 1.46 bits per heavy atom. The van der Waals surface area contributed by atoms with Gasteiger partial charge in [0.2, 0.25) is 0 Å². The van der Waals surface area contributed by atoms with Crippen molar-refractivity contribution < 1.29 is 4.74 Å². The molecule has 0 bridgehead atoms. The highest BCUT2D eigenvalue weighted by molar-refractivity contribution is 9.10. The maximum Gasteiger partial charge on any atom is 0.194 e. The van der Waals surface area contributed by atoms with E-state index in [1.165, 1.54) is 4.88 Å². The molecule has 8 heteroatoms. The third-order valence-corrected chi connectivity index (χ3v) is 6.11. The number of methoxy groups -OCH3 is 1. The van der Waals surface area contributed by atoms with E-state index in [1.807, 2.05) is 14.0 Å². The van der Waals surface area contributed by atoms with Crippen LogP contribution < -0.4 is 5.32 Å². The van der Waals surface area contributed by atoms with Gasteiger partial charge in [-0.2, -0.15) is 0 Å². The Kier molecular flexibility index (Phi) is 7.67. The van der Waals surface area contributed by atoms with E-state index in [9.17, 15) is 0 Å². The fraction of sp³-hybridized carbons (Fsp3) is 0.500. The lowest BCUT2D eigenvalue weighted by Gasteiger charge is -2.21. The first-order valence-electron chi connectivity index (χ1n) is 7.73. The monoisotopic (exact) mass is 430 g/mol. The molecule has 1 N–H and O–H groups in total. The second-order valence-electron chi connectivity index (χ2n) is 5.31. The van der Waals surface area contributed by atoms with Gasteiger partial charge in [-0.1, -0.05) is 0 Å². The van der Waals surface area contributed by atoms with Crippen LogP contribution in [-0.2, 0) is 17.8 Å². The number of guanidine groups is 1. The molecule has 0 aliphatic heterocycles. The Morgan fingerprint density at radius 3 is 2.88 bits per heavy atom. The van der Waals surface area contributed by atoms with E-state index < -0.39 is 0 Å². The van der Waals surface area contributed by atoms with Gasteiger partial charge in [0.15, 0.2) is 5.96 Å². The number of rotatable bonds is 7. The van der Waals surface area contributed by atoms with Crippen LogP contribution in [0.5, 0.6) is 0 Å². The first-order chi connectivity index (χ1) is 11.5. The molecule has 2 aromatic heterocycles. The molecule has 0 saturated heterocycles. The highest BCUT2D eigenvalue weighted by Gasteiger charge is 2.12. The summed E-state index contributed by atoms with van der Waals surface area (Å²) in [5.74, 6) is 0.886. The van der Waals surface area contributed by atoms with E-state index in [0.717, 1.165) is 27.7 Å². The van der Waals surface area contributed by atoms with Gasteiger partial charge in [-0.05, 0) is 35.8 Å². The maximum atomic E-state index is 5.33. The topological polar surface area (TPSA) is 49.8 Å². The fourth-order valence-electron chi connectivity index (χ4n) is 2.06. The highest BCUT2D eigenvalue weighted by atomic mass is 79.9. The van der Waals surface area contributed by atoms with Crippen molar-refractivity contribution in [2.45, 2.75) is 33.0 Å². The van der Waals surface area contributed by atoms with Crippen LogP contribution in [0.1, 0.15) is 35.5 Å².